The topological polar surface area (TPSA) is 75.7 Å². The highest BCUT2D eigenvalue weighted by atomic mass is 35.5. The molecule has 1 atom stereocenters. The zero-order valence-corrected chi connectivity index (χ0v) is 17.3. The first-order valence-electron chi connectivity index (χ1n) is 9.28. The van der Waals surface area contributed by atoms with Gasteiger partial charge in [-0.3, -0.25) is 4.79 Å². The molecule has 0 aromatic heterocycles. The minimum Gasteiger partial charge on any atom is -0.492 e. The summed E-state index contributed by atoms with van der Waals surface area (Å²) in [6.45, 7) is 1.03. The predicted molar refractivity (Wildman–Crippen MR) is 108 cm³/mol. The monoisotopic (exact) mass is 440 g/mol. The summed E-state index contributed by atoms with van der Waals surface area (Å²) >= 11 is 5.81. The summed E-state index contributed by atoms with van der Waals surface area (Å²) in [5.74, 6) is -0.489. The van der Waals surface area contributed by atoms with E-state index in [0.29, 0.717) is 36.7 Å². The molecule has 0 bridgehead atoms. The van der Waals surface area contributed by atoms with Crippen LogP contribution in [0.25, 0.3) is 0 Å². The Hall–Kier alpha value is -2.16. The molecule has 1 aliphatic rings. The summed E-state index contributed by atoms with van der Waals surface area (Å²) in [4.78, 5) is 12.5. The Labute approximate surface area is 174 Å². The van der Waals surface area contributed by atoms with Crippen LogP contribution in [0.4, 0.5) is 4.39 Å². The van der Waals surface area contributed by atoms with Crippen molar-refractivity contribution < 1.29 is 22.3 Å². The lowest BCUT2D eigenvalue weighted by molar-refractivity contribution is -0.126. The Kier molecular flexibility index (Phi) is 7.10. The maximum absolute atomic E-state index is 13.1. The van der Waals surface area contributed by atoms with E-state index in [2.05, 4.69) is 5.32 Å². The van der Waals surface area contributed by atoms with Crippen LogP contribution in [0.5, 0.6) is 5.75 Å². The van der Waals surface area contributed by atoms with Gasteiger partial charge in [0.25, 0.3) is 0 Å². The van der Waals surface area contributed by atoms with Gasteiger partial charge in [-0.1, -0.05) is 11.6 Å². The normalized spacial score (nSPS) is 17.7. The van der Waals surface area contributed by atoms with Gasteiger partial charge < -0.3 is 10.1 Å². The van der Waals surface area contributed by atoms with Crippen molar-refractivity contribution in [3.05, 3.63) is 59.4 Å². The van der Waals surface area contributed by atoms with E-state index in [-0.39, 0.29) is 24.0 Å². The van der Waals surface area contributed by atoms with Crippen molar-refractivity contribution in [1.82, 2.24) is 9.62 Å². The lowest BCUT2D eigenvalue weighted by Gasteiger charge is -2.31. The number of benzene rings is 2. The molecule has 1 fully saturated rings. The standard InChI is InChI=1S/C20H22ClFN2O4S/c21-16-3-7-18(8-4-16)28-13-11-23-20(25)15-2-1-12-24(14-15)29(26,27)19-9-5-17(22)6-10-19/h3-10,15H,1-2,11-14H2,(H,23,25). The van der Waals surface area contributed by atoms with Crippen LogP contribution < -0.4 is 10.1 Å². The summed E-state index contributed by atoms with van der Waals surface area (Å²) in [7, 11) is -3.76. The SMILES string of the molecule is O=C(NCCOc1ccc(Cl)cc1)C1CCCN(S(=O)(=O)c2ccc(F)cc2)C1. The maximum Gasteiger partial charge on any atom is 0.243 e. The van der Waals surface area contributed by atoms with Gasteiger partial charge in [-0.2, -0.15) is 4.31 Å². The molecule has 1 heterocycles. The van der Waals surface area contributed by atoms with Gasteiger partial charge in [-0.25, -0.2) is 12.8 Å². The molecule has 1 aliphatic heterocycles. The van der Waals surface area contributed by atoms with E-state index in [9.17, 15) is 17.6 Å². The van der Waals surface area contributed by atoms with Crippen LogP contribution in [-0.4, -0.2) is 44.9 Å². The van der Waals surface area contributed by atoms with Crippen LogP contribution in [0.1, 0.15) is 12.8 Å². The Morgan fingerprint density at radius 2 is 1.86 bits per heavy atom. The third-order valence-electron chi connectivity index (χ3n) is 4.69. The first kappa shape index (κ1) is 21.5. The fraction of sp³-hybridized carbons (Fsp3) is 0.350. The van der Waals surface area contributed by atoms with E-state index in [4.69, 9.17) is 16.3 Å². The molecule has 0 saturated carbocycles. The lowest BCUT2D eigenvalue weighted by atomic mass is 9.99. The lowest BCUT2D eigenvalue weighted by Crippen LogP contribution is -2.45. The van der Waals surface area contributed by atoms with E-state index in [1.54, 1.807) is 24.3 Å². The van der Waals surface area contributed by atoms with Crippen molar-refractivity contribution >= 4 is 27.5 Å². The van der Waals surface area contributed by atoms with Crippen LogP contribution in [0.2, 0.25) is 5.02 Å². The molecular formula is C20H22ClFN2O4S. The summed E-state index contributed by atoms with van der Waals surface area (Å²) in [5, 5.41) is 3.41. The van der Waals surface area contributed by atoms with Gasteiger partial charge in [0.1, 0.15) is 18.2 Å². The number of nitrogens with zero attached hydrogens (tertiary/aromatic N) is 1. The van der Waals surface area contributed by atoms with Gasteiger partial charge in [-0.15, -0.1) is 0 Å². The number of nitrogens with one attached hydrogen (secondary N) is 1. The third kappa shape index (κ3) is 5.68. The second-order valence-electron chi connectivity index (χ2n) is 6.75. The van der Waals surface area contributed by atoms with Crippen LogP contribution in [0, 0.1) is 11.7 Å². The second-order valence-corrected chi connectivity index (χ2v) is 9.12. The first-order valence-corrected chi connectivity index (χ1v) is 11.1. The first-order chi connectivity index (χ1) is 13.9. The highest BCUT2D eigenvalue weighted by Gasteiger charge is 2.33. The van der Waals surface area contributed by atoms with Crippen molar-refractivity contribution in [2.24, 2.45) is 5.92 Å². The number of hydrogen-bond donors (Lipinski definition) is 1. The molecule has 2 aromatic rings. The van der Waals surface area contributed by atoms with Gasteiger partial charge in [0, 0.05) is 18.1 Å². The van der Waals surface area contributed by atoms with Gasteiger partial charge in [-0.05, 0) is 61.4 Å². The number of carbonyl (C=O) groups is 1. The average Bonchev–Trinajstić information content (AvgIpc) is 2.73. The molecule has 0 spiro atoms. The van der Waals surface area contributed by atoms with E-state index in [1.165, 1.54) is 16.4 Å². The molecule has 156 valence electrons. The quantitative estimate of drug-likeness (QED) is 0.671. The second kappa shape index (κ2) is 9.56. The molecule has 1 unspecified atom stereocenters. The number of piperidine rings is 1. The Balaban J connectivity index is 1.51. The molecule has 29 heavy (non-hydrogen) atoms. The number of carbonyl (C=O) groups excluding carboxylic acids is 1. The zero-order valence-electron chi connectivity index (χ0n) is 15.7. The fourth-order valence-corrected chi connectivity index (χ4v) is 4.80. The van der Waals surface area contributed by atoms with Gasteiger partial charge in [0.05, 0.1) is 17.4 Å². The highest BCUT2D eigenvalue weighted by molar-refractivity contribution is 7.89. The van der Waals surface area contributed by atoms with Crippen molar-refractivity contribution in [2.75, 3.05) is 26.2 Å². The molecule has 0 radical (unpaired) electrons. The minimum absolute atomic E-state index is 0.0244. The van der Waals surface area contributed by atoms with E-state index in [0.717, 1.165) is 12.1 Å². The molecule has 1 amide bonds. The van der Waals surface area contributed by atoms with Crippen molar-refractivity contribution in [3.63, 3.8) is 0 Å². The number of sulfonamides is 1. The summed E-state index contributed by atoms with van der Waals surface area (Å²) in [6.07, 6.45) is 1.19. The van der Waals surface area contributed by atoms with Crippen LogP contribution in [-0.2, 0) is 14.8 Å². The Bertz CT molecular complexity index is 936. The highest BCUT2D eigenvalue weighted by Crippen LogP contribution is 2.24. The summed E-state index contributed by atoms with van der Waals surface area (Å²) in [6, 6.07) is 11.6. The van der Waals surface area contributed by atoms with Crippen molar-refractivity contribution in [3.8, 4) is 5.75 Å². The predicted octanol–water partition coefficient (Wildman–Crippen LogP) is 3.08. The smallest absolute Gasteiger partial charge is 0.243 e. The third-order valence-corrected chi connectivity index (χ3v) is 6.82. The zero-order chi connectivity index (χ0) is 20.9. The largest absolute Gasteiger partial charge is 0.492 e. The van der Waals surface area contributed by atoms with E-state index in [1.807, 2.05) is 0 Å². The number of halogens is 2. The number of amides is 1. The minimum atomic E-state index is -3.76. The number of rotatable bonds is 7. The number of ether oxygens (including phenoxy) is 1. The molecule has 3 rings (SSSR count). The summed E-state index contributed by atoms with van der Waals surface area (Å²) in [5.41, 5.74) is 0. The molecular weight excluding hydrogens is 419 g/mol. The van der Waals surface area contributed by atoms with Crippen LogP contribution >= 0.6 is 11.6 Å². The molecule has 1 N–H and O–H groups in total. The molecule has 1 saturated heterocycles. The van der Waals surface area contributed by atoms with Gasteiger partial charge >= 0.3 is 0 Å². The van der Waals surface area contributed by atoms with E-state index < -0.39 is 21.8 Å². The van der Waals surface area contributed by atoms with E-state index >= 15 is 0 Å². The molecule has 6 nitrogen and oxygen atoms in total. The average molecular weight is 441 g/mol. The summed E-state index contributed by atoms with van der Waals surface area (Å²) < 4.78 is 45.4. The Morgan fingerprint density at radius 1 is 1.17 bits per heavy atom. The van der Waals surface area contributed by atoms with Gasteiger partial charge in [0.2, 0.25) is 15.9 Å². The fourth-order valence-electron chi connectivity index (χ4n) is 3.15. The molecule has 2 aromatic carbocycles. The molecule has 0 aliphatic carbocycles. The van der Waals surface area contributed by atoms with Crippen LogP contribution in [0.3, 0.4) is 0 Å². The Morgan fingerprint density at radius 3 is 2.55 bits per heavy atom. The van der Waals surface area contributed by atoms with Crippen molar-refractivity contribution in [1.29, 1.82) is 0 Å². The van der Waals surface area contributed by atoms with Crippen molar-refractivity contribution in [2.45, 2.75) is 17.7 Å². The van der Waals surface area contributed by atoms with Gasteiger partial charge in [0.15, 0.2) is 0 Å². The molecule has 9 heteroatoms. The van der Waals surface area contributed by atoms with Crippen LogP contribution in [0.15, 0.2) is 53.4 Å². The number of hydrogen-bond acceptors (Lipinski definition) is 4. The maximum atomic E-state index is 13.1.